The number of methoxy groups -OCH3 is 1. The molecule has 0 N–H and O–H groups in total. The number of fused-ring (bicyclic) bond motifs is 1. The first-order valence-corrected chi connectivity index (χ1v) is 8.57. The first-order valence-electron chi connectivity index (χ1n) is 8.57. The zero-order valence-electron chi connectivity index (χ0n) is 14.5. The lowest BCUT2D eigenvalue weighted by Crippen LogP contribution is -2.25. The average molecular weight is 341 g/mol. The van der Waals surface area contributed by atoms with E-state index in [-0.39, 0.29) is 11.6 Å². The van der Waals surface area contributed by atoms with Crippen LogP contribution >= 0.6 is 0 Å². The predicted octanol–water partition coefficient (Wildman–Crippen LogP) is 4.65. The first kappa shape index (κ1) is 16.2. The molecule has 1 heterocycles. The molecule has 0 aliphatic heterocycles. The highest BCUT2D eigenvalue weighted by molar-refractivity contribution is 5.82. The van der Waals surface area contributed by atoms with Gasteiger partial charge in [-0.1, -0.05) is 60.7 Å². The van der Waals surface area contributed by atoms with E-state index in [0.717, 1.165) is 22.3 Å². The van der Waals surface area contributed by atoms with Crippen molar-refractivity contribution in [2.45, 2.75) is 6.04 Å². The van der Waals surface area contributed by atoms with Crippen molar-refractivity contribution in [3.05, 3.63) is 113 Å². The van der Waals surface area contributed by atoms with Crippen LogP contribution in [0, 0.1) is 0 Å². The maximum absolute atomic E-state index is 13.2. The first-order chi connectivity index (χ1) is 12.8. The van der Waals surface area contributed by atoms with Gasteiger partial charge in [0.2, 0.25) is 0 Å². The van der Waals surface area contributed by atoms with Crippen LogP contribution in [0.25, 0.3) is 10.8 Å². The van der Waals surface area contributed by atoms with E-state index in [4.69, 9.17) is 4.74 Å². The van der Waals surface area contributed by atoms with Crippen LogP contribution in [-0.2, 0) is 0 Å². The molecule has 0 unspecified atom stereocenters. The smallest absolute Gasteiger partial charge is 0.259 e. The summed E-state index contributed by atoms with van der Waals surface area (Å²) in [7, 11) is 1.63. The largest absolute Gasteiger partial charge is 0.497 e. The Morgan fingerprint density at radius 2 is 1.42 bits per heavy atom. The van der Waals surface area contributed by atoms with Crippen molar-refractivity contribution in [2.24, 2.45) is 0 Å². The molecule has 3 nitrogen and oxygen atoms in total. The Bertz CT molecular complexity index is 1050. The van der Waals surface area contributed by atoms with Crippen LogP contribution in [-0.4, -0.2) is 11.7 Å². The number of benzene rings is 3. The zero-order valence-corrected chi connectivity index (χ0v) is 14.5. The molecule has 128 valence electrons. The third kappa shape index (κ3) is 2.88. The van der Waals surface area contributed by atoms with Gasteiger partial charge in [-0.05, 0) is 40.8 Å². The number of pyridine rings is 1. The fourth-order valence-corrected chi connectivity index (χ4v) is 3.36. The molecule has 0 aliphatic rings. The molecule has 0 atom stereocenters. The van der Waals surface area contributed by atoms with Gasteiger partial charge in [0.05, 0.1) is 13.2 Å². The van der Waals surface area contributed by atoms with Crippen molar-refractivity contribution in [1.82, 2.24) is 4.57 Å². The average Bonchev–Trinajstić information content (AvgIpc) is 2.71. The van der Waals surface area contributed by atoms with Crippen LogP contribution in [0.4, 0.5) is 0 Å². The van der Waals surface area contributed by atoms with Gasteiger partial charge in [0, 0.05) is 11.6 Å². The molecule has 0 saturated heterocycles. The molecular weight excluding hydrogens is 322 g/mol. The molecule has 0 bridgehead atoms. The SMILES string of the molecule is COc1ccc2c(=O)n(C(c3ccccc3)c3ccccc3)ccc2c1. The van der Waals surface area contributed by atoms with Crippen LogP contribution in [0.15, 0.2) is 95.9 Å². The number of rotatable bonds is 4. The maximum atomic E-state index is 13.2. The molecule has 0 saturated carbocycles. The van der Waals surface area contributed by atoms with E-state index >= 15 is 0 Å². The number of ether oxygens (including phenoxy) is 1. The standard InChI is InChI=1S/C23H19NO2/c1-26-20-12-13-21-19(16-20)14-15-24(23(21)25)22(17-8-4-2-5-9-17)18-10-6-3-7-11-18/h2-16,22H,1H3. The van der Waals surface area contributed by atoms with E-state index < -0.39 is 0 Å². The van der Waals surface area contributed by atoms with Crippen LogP contribution in [0.1, 0.15) is 17.2 Å². The second-order valence-electron chi connectivity index (χ2n) is 6.21. The van der Waals surface area contributed by atoms with Crippen LogP contribution in [0.5, 0.6) is 5.75 Å². The van der Waals surface area contributed by atoms with Crippen molar-refractivity contribution < 1.29 is 4.74 Å². The van der Waals surface area contributed by atoms with E-state index in [0.29, 0.717) is 5.39 Å². The van der Waals surface area contributed by atoms with Crippen molar-refractivity contribution in [2.75, 3.05) is 7.11 Å². The lowest BCUT2D eigenvalue weighted by Gasteiger charge is -2.21. The van der Waals surface area contributed by atoms with Gasteiger partial charge in [0.15, 0.2) is 0 Å². The molecular formula is C23H19NO2. The second-order valence-corrected chi connectivity index (χ2v) is 6.21. The fraction of sp³-hybridized carbons (Fsp3) is 0.0870. The predicted molar refractivity (Wildman–Crippen MR) is 105 cm³/mol. The topological polar surface area (TPSA) is 31.2 Å². The van der Waals surface area contributed by atoms with Crippen LogP contribution < -0.4 is 10.3 Å². The summed E-state index contributed by atoms with van der Waals surface area (Å²) in [6.07, 6.45) is 1.87. The van der Waals surface area contributed by atoms with E-state index in [1.54, 1.807) is 11.7 Å². The Morgan fingerprint density at radius 1 is 0.808 bits per heavy atom. The molecule has 26 heavy (non-hydrogen) atoms. The van der Waals surface area contributed by atoms with Crippen molar-refractivity contribution in [3.8, 4) is 5.75 Å². The summed E-state index contributed by atoms with van der Waals surface area (Å²) in [5.74, 6) is 0.748. The maximum Gasteiger partial charge on any atom is 0.259 e. The molecule has 0 spiro atoms. The van der Waals surface area contributed by atoms with Gasteiger partial charge in [-0.2, -0.15) is 0 Å². The molecule has 0 aliphatic carbocycles. The number of hydrogen-bond donors (Lipinski definition) is 0. The van der Waals surface area contributed by atoms with Gasteiger partial charge < -0.3 is 9.30 Å². The summed E-state index contributed by atoms with van der Waals surface area (Å²) in [6, 6.07) is 27.6. The number of nitrogens with zero attached hydrogens (tertiary/aromatic N) is 1. The third-order valence-corrected chi connectivity index (χ3v) is 4.65. The summed E-state index contributed by atoms with van der Waals surface area (Å²) in [4.78, 5) is 13.2. The summed E-state index contributed by atoms with van der Waals surface area (Å²) in [5.41, 5.74) is 2.14. The van der Waals surface area contributed by atoms with E-state index in [9.17, 15) is 4.79 Å². The fourth-order valence-electron chi connectivity index (χ4n) is 3.36. The number of hydrogen-bond acceptors (Lipinski definition) is 2. The van der Waals surface area contributed by atoms with E-state index in [2.05, 4.69) is 24.3 Å². The molecule has 3 aromatic carbocycles. The Labute approximate surface area is 152 Å². The molecule has 4 aromatic rings. The summed E-state index contributed by atoms with van der Waals surface area (Å²) < 4.78 is 7.07. The lowest BCUT2D eigenvalue weighted by molar-refractivity contribution is 0.415. The second kappa shape index (κ2) is 6.89. The monoisotopic (exact) mass is 341 g/mol. The van der Waals surface area contributed by atoms with E-state index in [1.807, 2.05) is 66.9 Å². The Balaban J connectivity index is 1.94. The van der Waals surface area contributed by atoms with Gasteiger partial charge in [0.1, 0.15) is 5.75 Å². The Morgan fingerprint density at radius 3 is 2.00 bits per heavy atom. The van der Waals surface area contributed by atoms with Crippen molar-refractivity contribution >= 4 is 10.8 Å². The molecule has 1 aromatic heterocycles. The summed E-state index contributed by atoms with van der Waals surface area (Å²) >= 11 is 0. The Hall–Kier alpha value is -3.33. The van der Waals surface area contributed by atoms with Crippen molar-refractivity contribution in [1.29, 1.82) is 0 Å². The van der Waals surface area contributed by atoms with Gasteiger partial charge in [-0.15, -0.1) is 0 Å². The molecule has 0 fully saturated rings. The minimum Gasteiger partial charge on any atom is -0.497 e. The lowest BCUT2D eigenvalue weighted by atomic mass is 9.98. The quantitative estimate of drug-likeness (QED) is 0.541. The highest BCUT2D eigenvalue weighted by Gasteiger charge is 2.18. The minimum absolute atomic E-state index is 0.0112. The molecule has 3 heteroatoms. The minimum atomic E-state index is -0.170. The van der Waals surface area contributed by atoms with Gasteiger partial charge in [-0.25, -0.2) is 0 Å². The third-order valence-electron chi connectivity index (χ3n) is 4.65. The van der Waals surface area contributed by atoms with E-state index in [1.165, 1.54) is 0 Å². The van der Waals surface area contributed by atoms with Gasteiger partial charge in [-0.3, -0.25) is 4.79 Å². The normalized spacial score (nSPS) is 11.0. The van der Waals surface area contributed by atoms with Gasteiger partial charge >= 0.3 is 0 Å². The summed E-state index contributed by atoms with van der Waals surface area (Å²) in [6.45, 7) is 0. The molecule has 4 rings (SSSR count). The highest BCUT2D eigenvalue weighted by atomic mass is 16.5. The highest BCUT2D eigenvalue weighted by Crippen LogP contribution is 2.26. The molecule has 0 amide bonds. The number of aromatic nitrogens is 1. The van der Waals surface area contributed by atoms with Gasteiger partial charge in [0.25, 0.3) is 5.56 Å². The molecule has 0 radical (unpaired) electrons. The van der Waals surface area contributed by atoms with Crippen LogP contribution in [0.3, 0.4) is 0 Å². The Kier molecular flexibility index (Phi) is 4.28. The van der Waals surface area contributed by atoms with Crippen LogP contribution in [0.2, 0.25) is 0 Å². The van der Waals surface area contributed by atoms with Crippen molar-refractivity contribution in [3.63, 3.8) is 0 Å². The summed E-state index contributed by atoms with van der Waals surface area (Å²) in [5, 5.41) is 1.57. The zero-order chi connectivity index (χ0) is 17.9.